The number of nitrogens with zero attached hydrogens (tertiary/aromatic N) is 2. The summed E-state index contributed by atoms with van der Waals surface area (Å²) in [7, 11) is -2.71. The highest BCUT2D eigenvalue weighted by molar-refractivity contribution is 7.92. The number of carbonyl (C=O) groups is 2. The van der Waals surface area contributed by atoms with Crippen LogP contribution in [0.2, 0.25) is 0 Å². The van der Waals surface area contributed by atoms with Gasteiger partial charge in [0.25, 0.3) is 10.0 Å². The molecule has 9 heteroatoms. The number of ether oxygens (including phenoxy) is 1. The maximum absolute atomic E-state index is 14.2. The van der Waals surface area contributed by atoms with E-state index >= 15 is 0 Å². The molecule has 0 unspecified atom stereocenters. The zero-order chi connectivity index (χ0) is 30.3. The molecule has 1 aliphatic rings. The lowest BCUT2D eigenvalue weighted by Crippen LogP contribution is -2.53. The van der Waals surface area contributed by atoms with Crippen LogP contribution in [0.25, 0.3) is 0 Å². The van der Waals surface area contributed by atoms with Gasteiger partial charge in [-0.25, -0.2) is 8.42 Å². The summed E-state index contributed by atoms with van der Waals surface area (Å²) < 4.78 is 34.8. The van der Waals surface area contributed by atoms with Crippen molar-refractivity contribution in [3.8, 4) is 5.75 Å². The van der Waals surface area contributed by atoms with Crippen LogP contribution in [0.4, 0.5) is 5.69 Å². The second-order valence-corrected chi connectivity index (χ2v) is 12.8. The molecule has 3 aromatic carbocycles. The van der Waals surface area contributed by atoms with E-state index in [9.17, 15) is 18.0 Å². The molecule has 1 atom stereocenters. The van der Waals surface area contributed by atoms with Crippen LogP contribution in [0.3, 0.4) is 0 Å². The van der Waals surface area contributed by atoms with Crippen molar-refractivity contribution in [2.24, 2.45) is 0 Å². The van der Waals surface area contributed by atoms with E-state index in [1.807, 2.05) is 44.2 Å². The van der Waals surface area contributed by atoms with Gasteiger partial charge in [-0.3, -0.25) is 13.9 Å². The van der Waals surface area contributed by atoms with E-state index in [4.69, 9.17) is 4.74 Å². The highest BCUT2D eigenvalue weighted by atomic mass is 32.2. The van der Waals surface area contributed by atoms with Gasteiger partial charge in [0.15, 0.2) is 0 Å². The summed E-state index contributed by atoms with van der Waals surface area (Å²) in [6.07, 6.45) is 5.13. The molecule has 4 rings (SSSR count). The Morgan fingerprint density at radius 1 is 0.952 bits per heavy atom. The monoisotopic (exact) mass is 591 g/mol. The number of carbonyl (C=O) groups excluding carboxylic acids is 2. The number of hydrogen-bond donors (Lipinski definition) is 1. The average molecular weight is 592 g/mol. The van der Waals surface area contributed by atoms with E-state index in [1.54, 1.807) is 37.3 Å². The lowest BCUT2D eigenvalue weighted by Gasteiger charge is -2.34. The number of anilines is 1. The Bertz CT molecular complexity index is 1490. The minimum absolute atomic E-state index is 0.0508. The normalized spacial score (nSPS) is 14.6. The van der Waals surface area contributed by atoms with Crippen LogP contribution in [0.5, 0.6) is 5.75 Å². The fraction of sp³-hybridized carbons (Fsp3) is 0.394. The van der Waals surface area contributed by atoms with E-state index in [0.717, 1.165) is 53.1 Å². The molecular weight excluding hydrogens is 550 g/mol. The zero-order valence-electron chi connectivity index (χ0n) is 24.9. The molecule has 42 heavy (non-hydrogen) atoms. The molecule has 0 aromatic heterocycles. The molecule has 0 aliphatic heterocycles. The van der Waals surface area contributed by atoms with Gasteiger partial charge in [-0.15, -0.1) is 0 Å². The van der Waals surface area contributed by atoms with Crippen LogP contribution in [-0.4, -0.2) is 50.9 Å². The summed E-state index contributed by atoms with van der Waals surface area (Å²) in [5.41, 5.74) is 2.92. The van der Waals surface area contributed by atoms with Gasteiger partial charge in [0.2, 0.25) is 11.8 Å². The molecule has 0 radical (unpaired) electrons. The van der Waals surface area contributed by atoms with E-state index in [0.29, 0.717) is 5.75 Å². The van der Waals surface area contributed by atoms with Crippen molar-refractivity contribution >= 4 is 27.5 Å². The Labute approximate surface area is 249 Å². The van der Waals surface area contributed by atoms with Gasteiger partial charge in [-0.2, -0.15) is 0 Å². The summed E-state index contributed by atoms with van der Waals surface area (Å²) in [6, 6.07) is 20.2. The summed E-state index contributed by atoms with van der Waals surface area (Å²) in [5.74, 6) is -0.413. The van der Waals surface area contributed by atoms with Gasteiger partial charge in [-0.1, -0.05) is 67.8 Å². The predicted molar refractivity (Wildman–Crippen MR) is 165 cm³/mol. The first-order valence-electron chi connectivity index (χ1n) is 14.5. The molecule has 0 bridgehead atoms. The van der Waals surface area contributed by atoms with Crippen molar-refractivity contribution in [3.05, 3.63) is 89.5 Å². The van der Waals surface area contributed by atoms with Crippen LogP contribution in [0.15, 0.2) is 77.7 Å². The maximum Gasteiger partial charge on any atom is 0.264 e. The molecule has 3 aromatic rings. The molecule has 0 heterocycles. The van der Waals surface area contributed by atoms with E-state index in [-0.39, 0.29) is 29.1 Å². The fourth-order valence-corrected chi connectivity index (χ4v) is 6.79. The van der Waals surface area contributed by atoms with Crippen molar-refractivity contribution in [1.82, 2.24) is 10.2 Å². The van der Waals surface area contributed by atoms with Crippen LogP contribution < -0.4 is 14.4 Å². The van der Waals surface area contributed by atoms with Crippen LogP contribution >= 0.6 is 0 Å². The van der Waals surface area contributed by atoms with Crippen LogP contribution in [-0.2, 0) is 26.2 Å². The summed E-state index contributed by atoms with van der Waals surface area (Å²) in [6.45, 7) is 5.16. The molecule has 0 spiro atoms. The second-order valence-electron chi connectivity index (χ2n) is 11.0. The number of nitrogens with one attached hydrogen (secondary N) is 1. The summed E-state index contributed by atoms with van der Waals surface area (Å²) >= 11 is 0. The van der Waals surface area contributed by atoms with Crippen molar-refractivity contribution in [3.63, 3.8) is 0 Å². The van der Waals surface area contributed by atoms with Crippen molar-refractivity contribution < 1.29 is 22.7 Å². The van der Waals surface area contributed by atoms with Crippen molar-refractivity contribution in [2.45, 2.75) is 76.4 Å². The molecule has 2 amide bonds. The first-order valence-corrected chi connectivity index (χ1v) is 15.9. The lowest BCUT2D eigenvalue weighted by molar-refractivity contribution is -0.139. The third-order valence-electron chi connectivity index (χ3n) is 7.93. The SMILES string of the molecule is COc1ccc(C)cc1N(CC(=O)N(Cc1ccccc1C)[C@H](C)C(=O)NC1CCCCC1)S(=O)(=O)c1ccccc1. The Hall–Kier alpha value is -3.85. The maximum atomic E-state index is 14.2. The average Bonchev–Trinajstić information content (AvgIpc) is 2.99. The molecule has 224 valence electrons. The van der Waals surface area contributed by atoms with Crippen molar-refractivity contribution in [2.75, 3.05) is 18.0 Å². The largest absolute Gasteiger partial charge is 0.495 e. The zero-order valence-corrected chi connectivity index (χ0v) is 25.7. The summed E-state index contributed by atoms with van der Waals surface area (Å²) in [4.78, 5) is 29.3. The minimum atomic E-state index is -4.18. The van der Waals surface area contributed by atoms with Gasteiger partial charge in [0.1, 0.15) is 18.3 Å². The van der Waals surface area contributed by atoms with Gasteiger partial charge < -0.3 is 15.0 Å². The number of amides is 2. The molecular formula is C33H41N3O5S. The van der Waals surface area contributed by atoms with Gasteiger partial charge in [0, 0.05) is 12.6 Å². The molecule has 0 saturated heterocycles. The van der Waals surface area contributed by atoms with E-state index in [1.165, 1.54) is 24.1 Å². The Balaban J connectivity index is 1.73. The molecule has 1 saturated carbocycles. The number of sulfonamides is 1. The van der Waals surface area contributed by atoms with E-state index in [2.05, 4.69) is 5.32 Å². The lowest BCUT2D eigenvalue weighted by atomic mass is 9.95. The molecule has 1 N–H and O–H groups in total. The predicted octanol–water partition coefficient (Wildman–Crippen LogP) is 5.37. The van der Waals surface area contributed by atoms with Gasteiger partial charge >= 0.3 is 0 Å². The molecule has 1 fully saturated rings. The van der Waals surface area contributed by atoms with Gasteiger partial charge in [0.05, 0.1) is 17.7 Å². The quantitative estimate of drug-likeness (QED) is 0.323. The van der Waals surface area contributed by atoms with Gasteiger partial charge in [-0.05, 0) is 74.6 Å². The topological polar surface area (TPSA) is 96.0 Å². The first kappa shape index (κ1) is 31.1. The number of hydrogen-bond acceptors (Lipinski definition) is 5. The molecule has 1 aliphatic carbocycles. The number of rotatable bonds is 11. The Morgan fingerprint density at radius 2 is 1.62 bits per heavy atom. The van der Waals surface area contributed by atoms with E-state index < -0.39 is 28.5 Å². The standard InChI is InChI=1S/C33H41N3O5S/c1-24-19-20-31(41-4)30(21-24)36(42(39,40)29-17-9-6-10-18-29)23-32(37)35(22-27-14-12-11-13-25(27)2)26(3)33(38)34-28-15-7-5-8-16-28/h6,9-14,17-21,26,28H,5,7-8,15-16,22-23H2,1-4H3,(H,34,38)/t26-/m1/s1. The number of aryl methyl sites for hydroxylation is 2. The fourth-order valence-electron chi connectivity index (χ4n) is 5.35. The highest BCUT2D eigenvalue weighted by Crippen LogP contribution is 2.34. The first-order chi connectivity index (χ1) is 20.1. The Kier molecular flexibility index (Phi) is 10.3. The van der Waals surface area contributed by atoms with Crippen LogP contribution in [0, 0.1) is 13.8 Å². The Morgan fingerprint density at radius 3 is 2.29 bits per heavy atom. The van der Waals surface area contributed by atoms with Crippen LogP contribution in [0.1, 0.15) is 55.7 Å². The molecule has 8 nitrogen and oxygen atoms in total. The number of benzene rings is 3. The third-order valence-corrected chi connectivity index (χ3v) is 9.71. The third kappa shape index (κ3) is 7.31. The smallest absolute Gasteiger partial charge is 0.264 e. The minimum Gasteiger partial charge on any atom is -0.495 e. The summed E-state index contributed by atoms with van der Waals surface area (Å²) in [5, 5.41) is 3.14. The number of methoxy groups -OCH3 is 1. The second kappa shape index (κ2) is 13.9. The van der Waals surface area contributed by atoms with Crippen molar-refractivity contribution in [1.29, 1.82) is 0 Å². The highest BCUT2D eigenvalue weighted by Gasteiger charge is 2.34.